The van der Waals surface area contributed by atoms with E-state index in [4.69, 9.17) is 18.9 Å². The molecule has 0 bridgehead atoms. The van der Waals surface area contributed by atoms with Gasteiger partial charge in [-0.1, -0.05) is 0 Å². The Kier molecular flexibility index (Phi) is 6.79. The van der Waals surface area contributed by atoms with Gasteiger partial charge in [0.1, 0.15) is 18.1 Å². The minimum absolute atomic E-state index is 0.224. The summed E-state index contributed by atoms with van der Waals surface area (Å²) in [6, 6.07) is 5.88. The lowest BCUT2D eigenvalue weighted by Gasteiger charge is -2.16. The lowest BCUT2D eigenvalue weighted by molar-refractivity contribution is 0.0675. The Bertz CT molecular complexity index is 419. The highest BCUT2D eigenvalue weighted by atomic mass is 16.5. The zero-order valence-electron chi connectivity index (χ0n) is 12.9. The van der Waals surface area contributed by atoms with E-state index in [-0.39, 0.29) is 6.10 Å². The predicted molar refractivity (Wildman–Crippen MR) is 81.0 cm³/mol. The summed E-state index contributed by atoms with van der Waals surface area (Å²) in [5, 5.41) is 3.33. The van der Waals surface area contributed by atoms with E-state index in [0.717, 1.165) is 49.6 Å². The summed E-state index contributed by atoms with van der Waals surface area (Å²) in [7, 11) is 3.37. The van der Waals surface area contributed by atoms with Crippen LogP contribution in [0, 0.1) is 0 Å². The van der Waals surface area contributed by atoms with Gasteiger partial charge in [0.2, 0.25) is 0 Å². The maximum Gasteiger partial charge on any atom is 0.124 e. The van der Waals surface area contributed by atoms with Crippen molar-refractivity contribution in [2.75, 3.05) is 40.6 Å². The van der Waals surface area contributed by atoms with E-state index < -0.39 is 0 Å². The molecule has 0 aromatic heterocycles. The smallest absolute Gasteiger partial charge is 0.124 e. The van der Waals surface area contributed by atoms with Crippen molar-refractivity contribution >= 4 is 0 Å². The Morgan fingerprint density at radius 1 is 1.33 bits per heavy atom. The summed E-state index contributed by atoms with van der Waals surface area (Å²) in [5.41, 5.74) is 1.09. The first-order chi connectivity index (χ1) is 10.3. The first-order valence-corrected chi connectivity index (χ1v) is 7.44. The monoisotopic (exact) mass is 295 g/mol. The van der Waals surface area contributed by atoms with Gasteiger partial charge in [-0.05, 0) is 31.0 Å². The van der Waals surface area contributed by atoms with Gasteiger partial charge in [0.15, 0.2) is 0 Å². The van der Waals surface area contributed by atoms with E-state index in [9.17, 15) is 0 Å². The lowest BCUT2D eigenvalue weighted by Crippen LogP contribution is -2.20. The van der Waals surface area contributed by atoms with E-state index in [1.54, 1.807) is 14.2 Å². The number of ether oxygens (including phenoxy) is 4. The summed E-state index contributed by atoms with van der Waals surface area (Å²) in [4.78, 5) is 0. The van der Waals surface area contributed by atoms with Gasteiger partial charge in [-0.15, -0.1) is 0 Å². The zero-order chi connectivity index (χ0) is 14.9. The Labute approximate surface area is 126 Å². The standard InChI is InChI=1S/C16H25NO4/c1-18-9-7-17-11-13-10-14(19-2)5-6-16(13)21-12-15-4-3-8-20-15/h5-6,10,15,17H,3-4,7-9,11-12H2,1-2H3. The third-order valence-corrected chi connectivity index (χ3v) is 3.51. The van der Waals surface area contributed by atoms with E-state index in [1.807, 2.05) is 18.2 Å². The third-order valence-electron chi connectivity index (χ3n) is 3.51. The molecule has 1 fully saturated rings. The van der Waals surface area contributed by atoms with Gasteiger partial charge in [-0.2, -0.15) is 0 Å². The Morgan fingerprint density at radius 2 is 2.24 bits per heavy atom. The number of nitrogens with one attached hydrogen (secondary N) is 1. The minimum atomic E-state index is 0.224. The summed E-state index contributed by atoms with van der Waals surface area (Å²) in [5.74, 6) is 1.72. The minimum Gasteiger partial charge on any atom is -0.497 e. The molecule has 5 heteroatoms. The lowest BCUT2D eigenvalue weighted by atomic mass is 10.2. The molecule has 1 aliphatic rings. The summed E-state index contributed by atoms with van der Waals surface area (Å²) in [6.45, 7) is 3.68. The van der Waals surface area contributed by atoms with Gasteiger partial charge < -0.3 is 24.3 Å². The van der Waals surface area contributed by atoms with Crippen LogP contribution in [-0.4, -0.2) is 46.7 Å². The third kappa shape index (κ3) is 5.19. The van der Waals surface area contributed by atoms with Crippen LogP contribution < -0.4 is 14.8 Å². The molecule has 21 heavy (non-hydrogen) atoms. The summed E-state index contributed by atoms with van der Waals surface area (Å²) < 4.78 is 21.8. The number of rotatable bonds is 9. The van der Waals surface area contributed by atoms with Crippen molar-refractivity contribution in [2.24, 2.45) is 0 Å². The molecule has 1 aromatic carbocycles. The van der Waals surface area contributed by atoms with Crippen LogP contribution in [-0.2, 0) is 16.0 Å². The van der Waals surface area contributed by atoms with Crippen LogP contribution in [0.2, 0.25) is 0 Å². The fourth-order valence-corrected chi connectivity index (χ4v) is 2.32. The second kappa shape index (κ2) is 8.87. The molecule has 0 saturated carbocycles. The molecule has 1 N–H and O–H groups in total. The molecule has 5 nitrogen and oxygen atoms in total. The van der Waals surface area contributed by atoms with Crippen molar-refractivity contribution in [1.82, 2.24) is 5.32 Å². The first-order valence-electron chi connectivity index (χ1n) is 7.44. The van der Waals surface area contributed by atoms with Crippen molar-refractivity contribution in [3.8, 4) is 11.5 Å². The summed E-state index contributed by atoms with van der Waals surface area (Å²) in [6.07, 6.45) is 2.43. The molecule has 0 amide bonds. The van der Waals surface area contributed by atoms with E-state index in [0.29, 0.717) is 13.2 Å². The number of hydrogen-bond acceptors (Lipinski definition) is 5. The van der Waals surface area contributed by atoms with Crippen LogP contribution in [0.4, 0.5) is 0 Å². The van der Waals surface area contributed by atoms with Crippen LogP contribution in [0.5, 0.6) is 11.5 Å². The predicted octanol–water partition coefficient (Wildman–Crippen LogP) is 1.99. The SMILES string of the molecule is COCCNCc1cc(OC)ccc1OCC1CCCO1. The fraction of sp³-hybridized carbons (Fsp3) is 0.625. The quantitative estimate of drug-likeness (QED) is 0.706. The molecule has 1 aromatic rings. The molecule has 2 rings (SSSR count). The number of hydrogen-bond donors (Lipinski definition) is 1. The molecule has 0 spiro atoms. The largest absolute Gasteiger partial charge is 0.497 e. The molecule has 1 atom stereocenters. The van der Waals surface area contributed by atoms with Gasteiger partial charge in [0.05, 0.1) is 19.8 Å². The molecule has 1 unspecified atom stereocenters. The average molecular weight is 295 g/mol. The van der Waals surface area contributed by atoms with Crippen LogP contribution >= 0.6 is 0 Å². The van der Waals surface area contributed by atoms with Gasteiger partial charge >= 0.3 is 0 Å². The van der Waals surface area contributed by atoms with Gasteiger partial charge in [-0.25, -0.2) is 0 Å². The molecule has 1 aliphatic heterocycles. The van der Waals surface area contributed by atoms with Crippen molar-refractivity contribution in [1.29, 1.82) is 0 Å². The molecular formula is C16H25NO4. The molecule has 1 saturated heterocycles. The maximum absolute atomic E-state index is 5.93. The Hall–Kier alpha value is -1.30. The van der Waals surface area contributed by atoms with E-state index in [2.05, 4.69) is 5.32 Å². The number of methoxy groups -OCH3 is 2. The van der Waals surface area contributed by atoms with E-state index >= 15 is 0 Å². The van der Waals surface area contributed by atoms with Crippen molar-refractivity contribution in [3.05, 3.63) is 23.8 Å². The topological polar surface area (TPSA) is 49.0 Å². The van der Waals surface area contributed by atoms with Gasteiger partial charge in [0, 0.05) is 32.4 Å². The first kappa shape index (κ1) is 16.1. The van der Waals surface area contributed by atoms with E-state index in [1.165, 1.54) is 0 Å². The van der Waals surface area contributed by atoms with Crippen molar-refractivity contribution < 1.29 is 18.9 Å². The molecular weight excluding hydrogens is 270 g/mol. The second-order valence-electron chi connectivity index (χ2n) is 5.09. The maximum atomic E-state index is 5.93. The zero-order valence-corrected chi connectivity index (χ0v) is 12.9. The second-order valence-corrected chi connectivity index (χ2v) is 5.09. The Morgan fingerprint density at radius 3 is 2.95 bits per heavy atom. The van der Waals surface area contributed by atoms with Gasteiger partial charge in [0.25, 0.3) is 0 Å². The highest BCUT2D eigenvalue weighted by Gasteiger charge is 2.17. The Balaban J connectivity index is 1.92. The fourth-order valence-electron chi connectivity index (χ4n) is 2.32. The normalized spacial score (nSPS) is 17.9. The van der Waals surface area contributed by atoms with Crippen molar-refractivity contribution in [2.45, 2.75) is 25.5 Å². The number of benzene rings is 1. The van der Waals surface area contributed by atoms with Gasteiger partial charge in [-0.3, -0.25) is 0 Å². The molecule has 118 valence electrons. The van der Waals surface area contributed by atoms with Crippen LogP contribution in [0.3, 0.4) is 0 Å². The molecule has 0 radical (unpaired) electrons. The highest BCUT2D eigenvalue weighted by molar-refractivity contribution is 5.40. The van der Waals surface area contributed by atoms with Crippen LogP contribution in [0.1, 0.15) is 18.4 Å². The summed E-state index contributed by atoms with van der Waals surface area (Å²) >= 11 is 0. The molecule has 1 heterocycles. The average Bonchev–Trinajstić information content (AvgIpc) is 3.03. The van der Waals surface area contributed by atoms with Crippen LogP contribution in [0.15, 0.2) is 18.2 Å². The molecule has 0 aliphatic carbocycles. The van der Waals surface area contributed by atoms with Crippen LogP contribution in [0.25, 0.3) is 0 Å². The van der Waals surface area contributed by atoms with Crippen molar-refractivity contribution in [3.63, 3.8) is 0 Å². The highest BCUT2D eigenvalue weighted by Crippen LogP contribution is 2.25.